The minimum absolute atomic E-state index is 0.0176. The van der Waals surface area contributed by atoms with Crippen LogP contribution in [-0.4, -0.2) is 76.2 Å². The Labute approximate surface area is 207 Å². The van der Waals surface area contributed by atoms with Crippen molar-refractivity contribution in [1.82, 2.24) is 30.4 Å². The van der Waals surface area contributed by atoms with Crippen LogP contribution in [0.15, 0.2) is 30.3 Å². The summed E-state index contributed by atoms with van der Waals surface area (Å²) >= 11 is 0. The molecular weight excluding hydrogens is 442 g/mol. The molecule has 35 heavy (non-hydrogen) atoms. The summed E-state index contributed by atoms with van der Waals surface area (Å²) in [5.41, 5.74) is 10.2. The Kier molecular flexibility index (Phi) is 6.80. The van der Waals surface area contributed by atoms with Crippen LogP contribution in [0.5, 0.6) is 0 Å². The largest absolute Gasteiger partial charge is 0.368 e. The molecule has 188 valence electrons. The molecule has 1 aromatic heterocycles. The highest BCUT2D eigenvalue weighted by Crippen LogP contribution is 2.26. The van der Waals surface area contributed by atoms with Gasteiger partial charge in [-0.25, -0.2) is 5.43 Å². The van der Waals surface area contributed by atoms with Crippen molar-refractivity contribution >= 4 is 17.5 Å². The maximum Gasteiger partial charge on any atom is 0.274 e. The van der Waals surface area contributed by atoms with E-state index in [1.54, 1.807) is 0 Å². The Bertz CT molecular complexity index is 1060. The Morgan fingerprint density at radius 2 is 1.77 bits per heavy atom. The lowest BCUT2D eigenvalue weighted by Crippen LogP contribution is -2.49. The zero-order chi connectivity index (χ0) is 24.5. The predicted molar refractivity (Wildman–Crippen MR) is 135 cm³/mol. The van der Waals surface area contributed by atoms with Crippen LogP contribution in [0.3, 0.4) is 0 Å². The lowest BCUT2D eigenvalue weighted by atomic mass is 9.98. The molecule has 2 fully saturated rings. The molecule has 1 aromatic carbocycles. The van der Waals surface area contributed by atoms with Gasteiger partial charge in [0.2, 0.25) is 5.91 Å². The Morgan fingerprint density at radius 3 is 2.43 bits per heavy atom. The first-order chi connectivity index (χ1) is 17.0. The van der Waals surface area contributed by atoms with Crippen LogP contribution >= 0.6 is 0 Å². The molecule has 3 aliphatic heterocycles. The minimum Gasteiger partial charge on any atom is -0.368 e. The van der Waals surface area contributed by atoms with Crippen molar-refractivity contribution in [3.8, 4) is 0 Å². The third-order valence-electron chi connectivity index (χ3n) is 7.67. The first kappa shape index (κ1) is 23.8. The standard InChI is InChI=1S/C26H37N7O2/c1-4-33-23-10-11-32(25(34)22-16-21(18(2)3)27-28-22)17-20(23)24(29-33)26(35)31-14-12-30(13-15-31)19-8-6-5-7-9-19/h5-9,18,21-22,27-28H,4,10-17H2,1-3H3. The number of hydrogen-bond acceptors (Lipinski definition) is 6. The van der Waals surface area contributed by atoms with Crippen LogP contribution in [0.25, 0.3) is 0 Å². The van der Waals surface area contributed by atoms with Gasteiger partial charge >= 0.3 is 0 Å². The summed E-state index contributed by atoms with van der Waals surface area (Å²) in [4.78, 5) is 33.0. The van der Waals surface area contributed by atoms with Crippen molar-refractivity contribution in [2.24, 2.45) is 5.92 Å². The number of aromatic nitrogens is 2. The number of carbonyl (C=O) groups is 2. The molecule has 2 amide bonds. The normalized spacial score (nSPS) is 22.6. The van der Waals surface area contributed by atoms with Gasteiger partial charge < -0.3 is 14.7 Å². The Morgan fingerprint density at radius 1 is 1.03 bits per heavy atom. The molecular formula is C26H37N7O2. The van der Waals surface area contributed by atoms with E-state index in [1.165, 1.54) is 5.69 Å². The average Bonchev–Trinajstić information content (AvgIpc) is 3.54. The lowest BCUT2D eigenvalue weighted by molar-refractivity contribution is -0.134. The molecule has 9 heteroatoms. The van der Waals surface area contributed by atoms with Gasteiger partial charge in [-0.1, -0.05) is 32.0 Å². The van der Waals surface area contributed by atoms with Gasteiger partial charge in [-0.05, 0) is 31.4 Å². The molecule has 4 heterocycles. The molecule has 0 bridgehead atoms. The van der Waals surface area contributed by atoms with Gasteiger partial charge in [0.15, 0.2) is 5.69 Å². The van der Waals surface area contributed by atoms with Gasteiger partial charge in [-0.3, -0.25) is 19.7 Å². The van der Waals surface area contributed by atoms with Crippen LogP contribution in [0.2, 0.25) is 0 Å². The van der Waals surface area contributed by atoms with Crippen molar-refractivity contribution < 1.29 is 9.59 Å². The van der Waals surface area contributed by atoms with Gasteiger partial charge in [0.25, 0.3) is 5.91 Å². The van der Waals surface area contributed by atoms with E-state index < -0.39 is 0 Å². The van der Waals surface area contributed by atoms with E-state index in [0.717, 1.165) is 43.7 Å². The number of rotatable bonds is 5. The zero-order valence-corrected chi connectivity index (χ0v) is 21.0. The number of nitrogens with one attached hydrogen (secondary N) is 2. The molecule has 0 spiro atoms. The fourth-order valence-electron chi connectivity index (χ4n) is 5.47. The molecule has 2 N–H and O–H groups in total. The molecule has 5 rings (SSSR count). The van der Waals surface area contributed by atoms with Crippen LogP contribution in [-0.2, 0) is 24.3 Å². The molecule has 2 aromatic rings. The molecule has 9 nitrogen and oxygen atoms in total. The summed E-state index contributed by atoms with van der Waals surface area (Å²) in [6, 6.07) is 10.4. The summed E-state index contributed by atoms with van der Waals surface area (Å²) < 4.78 is 1.95. The maximum absolute atomic E-state index is 13.6. The number of anilines is 1. The molecule has 2 unspecified atom stereocenters. The minimum atomic E-state index is -0.226. The van der Waals surface area contributed by atoms with E-state index in [-0.39, 0.29) is 17.9 Å². The fourth-order valence-corrected chi connectivity index (χ4v) is 5.47. The smallest absolute Gasteiger partial charge is 0.274 e. The molecule has 2 atom stereocenters. The second-order valence-electron chi connectivity index (χ2n) is 10.1. The summed E-state index contributed by atoms with van der Waals surface area (Å²) in [5, 5.41) is 4.74. The molecule has 3 aliphatic rings. The van der Waals surface area contributed by atoms with Gasteiger partial charge in [-0.15, -0.1) is 0 Å². The Hall–Kier alpha value is -2.91. The van der Waals surface area contributed by atoms with Crippen LogP contribution in [0.4, 0.5) is 5.69 Å². The number of benzene rings is 1. The van der Waals surface area contributed by atoms with Gasteiger partial charge in [-0.2, -0.15) is 5.10 Å². The summed E-state index contributed by atoms with van der Waals surface area (Å²) in [6.45, 7) is 11.1. The second kappa shape index (κ2) is 9.99. The van der Waals surface area contributed by atoms with E-state index in [4.69, 9.17) is 5.10 Å². The van der Waals surface area contributed by atoms with Crippen molar-refractivity contribution in [2.75, 3.05) is 37.6 Å². The van der Waals surface area contributed by atoms with Crippen LogP contribution < -0.4 is 15.8 Å². The second-order valence-corrected chi connectivity index (χ2v) is 10.1. The topological polar surface area (TPSA) is 85.7 Å². The SMILES string of the molecule is CCn1nc(C(=O)N2CCN(c3ccccc3)CC2)c2c1CCN(C(=O)C1CC(C(C)C)NN1)C2. The third-order valence-corrected chi connectivity index (χ3v) is 7.67. The summed E-state index contributed by atoms with van der Waals surface area (Å²) in [7, 11) is 0. The summed E-state index contributed by atoms with van der Waals surface area (Å²) in [6.07, 6.45) is 1.51. The van der Waals surface area contributed by atoms with Crippen LogP contribution in [0, 0.1) is 5.92 Å². The van der Waals surface area contributed by atoms with E-state index in [1.807, 2.05) is 32.7 Å². The van der Waals surface area contributed by atoms with Crippen molar-refractivity contribution in [3.63, 3.8) is 0 Å². The number of amides is 2. The Balaban J connectivity index is 1.29. The fraction of sp³-hybridized carbons (Fsp3) is 0.577. The third kappa shape index (κ3) is 4.67. The quantitative estimate of drug-likeness (QED) is 0.678. The number of carbonyl (C=O) groups excluding carboxylic acids is 2. The number of aryl methyl sites for hydroxylation is 1. The summed E-state index contributed by atoms with van der Waals surface area (Å²) in [5.74, 6) is 0.545. The van der Waals surface area contributed by atoms with E-state index in [0.29, 0.717) is 43.8 Å². The van der Waals surface area contributed by atoms with Crippen molar-refractivity contribution in [3.05, 3.63) is 47.3 Å². The molecule has 0 saturated carbocycles. The van der Waals surface area contributed by atoms with Crippen molar-refractivity contribution in [2.45, 2.75) is 58.8 Å². The first-order valence-electron chi connectivity index (χ1n) is 12.9. The maximum atomic E-state index is 13.6. The average molecular weight is 480 g/mol. The number of nitrogens with zero attached hydrogens (tertiary/aromatic N) is 5. The van der Waals surface area contributed by atoms with Gasteiger partial charge in [0.1, 0.15) is 6.04 Å². The molecule has 0 radical (unpaired) electrons. The van der Waals surface area contributed by atoms with E-state index >= 15 is 0 Å². The predicted octanol–water partition coefficient (Wildman–Crippen LogP) is 1.64. The highest BCUT2D eigenvalue weighted by molar-refractivity contribution is 5.94. The number of para-hydroxylation sites is 1. The monoisotopic (exact) mass is 479 g/mol. The van der Waals surface area contributed by atoms with Crippen LogP contribution in [0.1, 0.15) is 48.9 Å². The number of fused-ring (bicyclic) bond motifs is 1. The van der Waals surface area contributed by atoms with Gasteiger partial charge in [0, 0.05) is 75.2 Å². The first-order valence-corrected chi connectivity index (χ1v) is 12.9. The lowest BCUT2D eigenvalue weighted by Gasteiger charge is -2.36. The molecule has 0 aliphatic carbocycles. The number of hydrazine groups is 1. The van der Waals surface area contributed by atoms with Crippen molar-refractivity contribution in [1.29, 1.82) is 0 Å². The number of piperazine rings is 1. The highest BCUT2D eigenvalue weighted by Gasteiger charge is 2.37. The molecule has 2 saturated heterocycles. The number of hydrogen-bond donors (Lipinski definition) is 2. The van der Waals surface area contributed by atoms with Gasteiger partial charge in [0.05, 0.1) is 0 Å². The highest BCUT2D eigenvalue weighted by atomic mass is 16.2. The zero-order valence-electron chi connectivity index (χ0n) is 21.0. The van der Waals surface area contributed by atoms with E-state index in [9.17, 15) is 9.59 Å². The van der Waals surface area contributed by atoms with E-state index in [2.05, 4.69) is 48.7 Å².